The highest BCUT2D eigenvalue weighted by atomic mass is 79.9. The predicted molar refractivity (Wildman–Crippen MR) is 64.9 cm³/mol. The van der Waals surface area contributed by atoms with Gasteiger partial charge in [0.25, 0.3) is 0 Å². The largest absolute Gasteiger partial charge is 0.299 e. The first-order chi connectivity index (χ1) is 7.58. The van der Waals surface area contributed by atoms with Gasteiger partial charge in [-0.25, -0.2) is 4.39 Å². The van der Waals surface area contributed by atoms with Gasteiger partial charge in [-0.3, -0.25) is 4.79 Å². The molecule has 1 fully saturated rings. The van der Waals surface area contributed by atoms with E-state index in [1.54, 1.807) is 6.07 Å². The monoisotopic (exact) mass is 284 g/mol. The number of carbonyl (C=O) groups is 1. The third kappa shape index (κ3) is 2.70. The minimum Gasteiger partial charge on any atom is -0.299 e. The molecule has 1 aliphatic rings. The molecule has 0 aromatic heterocycles. The lowest BCUT2D eigenvalue weighted by Gasteiger charge is -2.06. The minimum atomic E-state index is -0.241. The van der Waals surface area contributed by atoms with Gasteiger partial charge in [0.05, 0.1) is 4.47 Å². The Balaban J connectivity index is 2.03. The quantitative estimate of drug-likeness (QED) is 0.822. The summed E-state index contributed by atoms with van der Waals surface area (Å²) in [5.74, 6) is 0.443. The van der Waals surface area contributed by atoms with Crippen LogP contribution in [-0.4, -0.2) is 5.78 Å². The van der Waals surface area contributed by atoms with Crippen LogP contribution in [0.15, 0.2) is 16.6 Å². The van der Waals surface area contributed by atoms with Gasteiger partial charge in [-0.1, -0.05) is 0 Å². The second-order valence-corrected chi connectivity index (χ2v) is 5.29. The number of ketones is 1. The zero-order chi connectivity index (χ0) is 11.7. The van der Waals surface area contributed by atoms with E-state index < -0.39 is 0 Å². The van der Waals surface area contributed by atoms with Crippen molar-refractivity contribution in [3.63, 3.8) is 0 Å². The molecule has 1 aliphatic carbocycles. The zero-order valence-corrected chi connectivity index (χ0v) is 10.8. The van der Waals surface area contributed by atoms with Crippen molar-refractivity contribution in [2.24, 2.45) is 5.92 Å². The smallest absolute Gasteiger partial charge is 0.137 e. The van der Waals surface area contributed by atoms with Crippen LogP contribution in [0.5, 0.6) is 0 Å². The highest BCUT2D eigenvalue weighted by Gasteiger charge is 2.28. The van der Waals surface area contributed by atoms with E-state index in [0.717, 1.165) is 30.4 Å². The molecule has 0 heterocycles. The fourth-order valence-electron chi connectivity index (χ4n) is 1.82. The van der Waals surface area contributed by atoms with Crippen molar-refractivity contribution in [3.8, 4) is 0 Å². The molecule has 0 radical (unpaired) electrons. The maximum Gasteiger partial charge on any atom is 0.137 e. The second kappa shape index (κ2) is 4.66. The maximum absolute atomic E-state index is 13.2. The number of carbonyl (C=O) groups excluding carboxylic acids is 1. The average Bonchev–Trinajstić information content (AvgIpc) is 3.04. The van der Waals surface area contributed by atoms with Gasteiger partial charge in [0.15, 0.2) is 0 Å². The van der Waals surface area contributed by atoms with E-state index in [-0.39, 0.29) is 5.82 Å². The van der Waals surface area contributed by atoms with Crippen LogP contribution in [0.25, 0.3) is 0 Å². The molecule has 0 atom stereocenters. The Labute approximate surface area is 103 Å². The minimum absolute atomic E-state index is 0.241. The Hall–Kier alpha value is -0.700. The van der Waals surface area contributed by atoms with Crippen molar-refractivity contribution in [2.45, 2.75) is 32.6 Å². The number of Topliss-reactive ketones (excluding diaryl/α,β-unsaturated/α-hetero) is 1. The molecular formula is C13H14BrFO. The van der Waals surface area contributed by atoms with Gasteiger partial charge in [-0.15, -0.1) is 0 Å². The van der Waals surface area contributed by atoms with Gasteiger partial charge in [-0.2, -0.15) is 0 Å². The van der Waals surface area contributed by atoms with Crippen LogP contribution in [0.3, 0.4) is 0 Å². The molecule has 0 saturated heterocycles. The molecule has 0 aliphatic heterocycles. The third-order valence-corrected chi connectivity index (χ3v) is 3.66. The zero-order valence-electron chi connectivity index (χ0n) is 9.22. The fourth-order valence-corrected chi connectivity index (χ4v) is 2.21. The molecule has 0 unspecified atom stereocenters. The summed E-state index contributed by atoms with van der Waals surface area (Å²) >= 11 is 3.17. The summed E-state index contributed by atoms with van der Waals surface area (Å²) in [5, 5.41) is 0. The Bertz CT molecular complexity index is 424. The van der Waals surface area contributed by atoms with Crippen molar-refractivity contribution in [1.29, 1.82) is 0 Å². The standard InChI is InChI=1S/C13H14BrFO/c1-8-6-12(15)11(14)7-10(8)4-5-13(16)9-2-3-9/h6-7,9H,2-5H2,1H3. The predicted octanol–water partition coefficient (Wildman–Crippen LogP) is 3.81. The lowest BCUT2D eigenvalue weighted by Crippen LogP contribution is -2.03. The van der Waals surface area contributed by atoms with Gasteiger partial charge < -0.3 is 0 Å². The van der Waals surface area contributed by atoms with Crippen LogP contribution < -0.4 is 0 Å². The van der Waals surface area contributed by atoms with Crippen LogP contribution in [0.1, 0.15) is 30.4 Å². The number of rotatable bonds is 4. The lowest BCUT2D eigenvalue weighted by atomic mass is 10.0. The van der Waals surface area contributed by atoms with E-state index in [1.165, 1.54) is 6.07 Å². The van der Waals surface area contributed by atoms with Gasteiger partial charge in [0.1, 0.15) is 11.6 Å². The SMILES string of the molecule is Cc1cc(F)c(Br)cc1CCC(=O)C1CC1. The highest BCUT2D eigenvalue weighted by molar-refractivity contribution is 9.10. The molecule has 3 heteroatoms. The lowest BCUT2D eigenvalue weighted by molar-refractivity contribution is -0.120. The molecule has 1 aromatic carbocycles. The summed E-state index contributed by atoms with van der Waals surface area (Å²) in [5.41, 5.74) is 1.98. The first kappa shape index (κ1) is 11.8. The summed E-state index contributed by atoms with van der Waals surface area (Å²) in [6.07, 6.45) is 3.43. The third-order valence-electron chi connectivity index (χ3n) is 3.05. The molecule has 2 rings (SSSR count). The van der Waals surface area contributed by atoms with Crippen LogP contribution in [0.2, 0.25) is 0 Å². The second-order valence-electron chi connectivity index (χ2n) is 4.43. The Morgan fingerprint density at radius 2 is 2.19 bits per heavy atom. The average molecular weight is 285 g/mol. The summed E-state index contributed by atoms with van der Waals surface area (Å²) in [7, 11) is 0. The van der Waals surface area contributed by atoms with E-state index in [4.69, 9.17) is 0 Å². The molecule has 1 saturated carbocycles. The van der Waals surface area contributed by atoms with E-state index in [1.807, 2.05) is 6.92 Å². The molecule has 0 amide bonds. The molecule has 1 nitrogen and oxygen atoms in total. The van der Waals surface area contributed by atoms with Gasteiger partial charge in [0, 0.05) is 12.3 Å². The normalized spacial score (nSPS) is 15.2. The van der Waals surface area contributed by atoms with Crippen molar-refractivity contribution < 1.29 is 9.18 Å². The molecule has 16 heavy (non-hydrogen) atoms. The van der Waals surface area contributed by atoms with Crippen LogP contribution >= 0.6 is 15.9 Å². The van der Waals surface area contributed by atoms with Gasteiger partial charge in [-0.05, 0) is 65.4 Å². The summed E-state index contributed by atoms with van der Waals surface area (Å²) in [6, 6.07) is 3.30. The first-order valence-corrected chi connectivity index (χ1v) is 6.34. The number of hydrogen-bond donors (Lipinski definition) is 0. The Morgan fingerprint density at radius 1 is 1.50 bits per heavy atom. The van der Waals surface area contributed by atoms with Crippen LogP contribution in [-0.2, 0) is 11.2 Å². The van der Waals surface area contributed by atoms with Gasteiger partial charge in [0.2, 0.25) is 0 Å². The summed E-state index contributed by atoms with van der Waals surface area (Å²) in [4.78, 5) is 11.6. The Morgan fingerprint density at radius 3 is 2.81 bits per heavy atom. The van der Waals surface area contributed by atoms with E-state index >= 15 is 0 Å². The molecule has 0 spiro atoms. The molecule has 0 N–H and O–H groups in total. The topological polar surface area (TPSA) is 17.1 Å². The van der Waals surface area contributed by atoms with E-state index in [9.17, 15) is 9.18 Å². The number of aryl methyl sites for hydroxylation is 2. The molecule has 0 bridgehead atoms. The van der Waals surface area contributed by atoms with Gasteiger partial charge >= 0.3 is 0 Å². The van der Waals surface area contributed by atoms with Crippen molar-refractivity contribution in [1.82, 2.24) is 0 Å². The maximum atomic E-state index is 13.2. The number of hydrogen-bond acceptors (Lipinski definition) is 1. The van der Waals surface area contributed by atoms with Crippen LogP contribution in [0.4, 0.5) is 4.39 Å². The van der Waals surface area contributed by atoms with Crippen LogP contribution in [0, 0.1) is 18.7 Å². The molecule has 86 valence electrons. The van der Waals surface area contributed by atoms with E-state index in [0.29, 0.717) is 22.6 Å². The Kier molecular flexibility index (Phi) is 3.43. The molecule has 1 aromatic rings. The fraction of sp³-hybridized carbons (Fsp3) is 0.462. The van der Waals surface area contributed by atoms with E-state index in [2.05, 4.69) is 15.9 Å². The van der Waals surface area contributed by atoms with Crippen molar-refractivity contribution >= 4 is 21.7 Å². The summed E-state index contributed by atoms with van der Waals surface area (Å²) in [6.45, 7) is 1.88. The molecular weight excluding hydrogens is 271 g/mol. The number of benzene rings is 1. The highest BCUT2D eigenvalue weighted by Crippen LogP contribution is 2.31. The number of halogens is 2. The van der Waals surface area contributed by atoms with Crippen molar-refractivity contribution in [2.75, 3.05) is 0 Å². The first-order valence-electron chi connectivity index (χ1n) is 5.55. The summed E-state index contributed by atoms with van der Waals surface area (Å²) < 4.78 is 13.7. The van der Waals surface area contributed by atoms with Crippen molar-refractivity contribution in [3.05, 3.63) is 33.5 Å².